The lowest BCUT2D eigenvalue weighted by atomic mass is 10.1. The molecular weight excluding hydrogens is 244 g/mol. The molecule has 1 amide bonds. The minimum absolute atomic E-state index is 0.169. The molecule has 0 aliphatic heterocycles. The second-order valence-corrected chi connectivity index (χ2v) is 4.05. The summed E-state index contributed by atoms with van der Waals surface area (Å²) in [6.45, 7) is 0.307. The molecule has 0 heterocycles. The zero-order valence-corrected chi connectivity index (χ0v) is 10.1. The van der Waals surface area contributed by atoms with Gasteiger partial charge < -0.3 is 21.3 Å². The van der Waals surface area contributed by atoms with Crippen molar-refractivity contribution in [3.63, 3.8) is 0 Å². The van der Waals surface area contributed by atoms with Gasteiger partial charge in [-0.2, -0.15) is 0 Å². The molecular formula is C14H14N2O3. The average molecular weight is 258 g/mol. The number of benzene rings is 2. The minimum Gasteiger partial charge on any atom is -0.508 e. The number of nitrogens with one attached hydrogen (secondary N) is 1. The Bertz CT molecular complexity index is 591. The molecule has 2 rings (SSSR count). The number of phenols is 2. The molecule has 2 aromatic carbocycles. The van der Waals surface area contributed by atoms with Gasteiger partial charge in [0, 0.05) is 23.9 Å². The molecule has 2 aromatic rings. The van der Waals surface area contributed by atoms with Crippen LogP contribution in [-0.4, -0.2) is 16.1 Å². The van der Waals surface area contributed by atoms with Gasteiger partial charge >= 0.3 is 0 Å². The Labute approximate surface area is 110 Å². The van der Waals surface area contributed by atoms with E-state index < -0.39 is 5.91 Å². The van der Waals surface area contributed by atoms with E-state index in [1.807, 2.05) is 12.1 Å². The molecule has 0 atom stereocenters. The smallest absolute Gasteiger partial charge is 0.255 e. The first-order valence-corrected chi connectivity index (χ1v) is 5.72. The first-order chi connectivity index (χ1) is 9.10. The summed E-state index contributed by atoms with van der Waals surface area (Å²) >= 11 is 0. The lowest BCUT2D eigenvalue weighted by Crippen LogP contribution is -2.14. The van der Waals surface area contributed by atoms with Crippen LogP contribution in [0.2, 0.25) is 0 Å². The largest absolute Gasteiger partial charge is 0.508 e. The Hall–Kier alpha value is -2.53. The highest BCUT2D eigenvalue weighted by molar-refractivity contribution is 6.05. The molecule has 19 heavy (non-hydrogen) atoms. The number of phenolic OH excluding ortho intramolecular Hbond substituents is 2. The predicted molar refractivity (Wildman–Crippen MR) is 72.1 cm³/mol. The van der Waals surface area contributed by atoms with E-state index in [-0.39, 0.29) is 17.1 Å². The lowest BCUT2D eigenvalue weighted by Gasteiger charge is -2.10. The van der Waals surface area contributed by atoms with Crippen LogP contribution in [0.1, 0.15) is 15.9 Å². The van der Waals surface area contributed by atoms with Gasteiger partial charge in [0.2, 0.25) is 0 Å². The molecule has 0 spiro atoms. The highest BCUT2D eigenvalue weighted by Gasteiger charge is 2.10. The predicted octanol–water partition coefficient (Wildman–Crippen LogP) is 1.81. The highest BCUT2D eigenvalue weighted by atomic mass is 16.3. The Balaban J connectivity index is 2.25. The van der Waals surface area contributed by atoms with E-state index in [1.165, 1.54) is 12.1 Å². The van der Waals surface area contributed by atoms with E-state index in [2.05, 4.69) is 5.32 Å². The SMILES string of the molecule is NCc1ccccc1NC(=O)c1cc(O)cc(O)c1. The van der Waals surface area contributed by atoms with Crippen molar-refractivity contribution in [2.75, 3.05) is 5.32 Å². The van der Waals surface area contributed by atoms with Gasteiger partial charge in [0.15, 0.2) is 0 Å². The number of aromatic hydroxyl groups is 2. The molecule has 0 aliphatic carbocycles. The average Bonchev–Trinajstić information content (AvgIpc) is 2.38. The van der Waals surface area contributed by atoms with Gasteiger partial charge in [0.1, 0.15) is 11.5 Å². The fraction of sp³-hybridized carbons (Fsp3) is 0.0714. The zero-order valence-electron chi connectivity index (χ0n) is 10.1. The van der Waals surface area contributed by atoms with E-state index in [4.69, 9.17) is 5.73 Å². The van der Waals surface area contributed by atoms with Crippen LogP contribution in [0.15, 0.2) is 42.5 Å². The van der Waals surface area contributed by atoms with Crippen LogP contribution in [0, 0.1) is 0 Å². The lowest BCUT2D eigenvalue weighted by molar-refractivity contribution is 0.102. The maximum absolute atomic E-state index is 12.0. The number of para-hydroxylation sites is 1. The molecule has 0 saturated carbocycles. The molecule has 0 saturated heterocycles. The van der Waals surface area contributed by atoms with Crippen LogP contribution >= 0.6 is 0 Å². The van der Waals surface area contributed by atoms with Crippen molar-refractivity contribution >= 4 is 11.6 Å². The van der Waals surface area contributed by atoms with E-state index in [0.29, 0.717) is 12.2 Å². The first kappa shape index (κ1) is 12.9. The summed E-state index contributed by atoms with van der Waals surface area (Å²) in [5.41, 5.74) is 7.17. The fourth-order valence-corrected chi connectivity index (χ4v) is 1.74. The van der Waals surface area contributed by atoms with E-state index >= 15 is 0 Å². The van der Waals surface area contributed by atoms with Gasteiger partial charge in [0.25, 0.3) is 5.91 Å². The molecule has 0 aliphatic rings. The summed E-state index contributed by atoms with van der Waals surface area (Å²) < 4.78 is 0. The Morgan fingerprint density at radius 3 is 2.37 bits per heavy atom. The van der Waals surface area contributed by atoms with Crippen LogP contribution < -0.4 is 11.1 Å². The summed E-state index contributed by atoms with van der Waals surface area (Å²) in [6.07, 6.45) is 0. The molecule has 5 heteroatoms. The summed E-state index contributed by atoms with van der Waals surface area (Å²) in [7, 11) is 0. The number of nitrogens with two attached hydrogens (primary N) is 1. The normalized spacial score (nSPS) is 10.2. The molecule has 5 N–H and O–H groups in total. The van der Waals surface area contributed by atoms with Crippen LogP contribution in [0.4, 0.5) is 5.69 Å². The molecule has 5 nitrogen and oxygen atoms in total. The van der Waals surface area contributed by atoms with Crippen molar-refractivity contribution in [3.05, 3.63) is 53.6 Å². The quantitative estimate of drug-likeness (QED) is 0.675. The Morgan fingerprint density at radius 2 is 1.74 bits per heavy atom. The van der Waals surface area contributed by atoms with Gasteiger partial charge in [-0.25, -0.2) is 0 Å². The van der Waals surface area contributed by atoms with Crippen molar-refractivity contribution in [3.8, 4) is 11.5 Å². The number of anilines is 1. The third kappa shape index (κ3) is 3.02. The van der Waals surface area contributed by atoms with Crippen LogP contribution in [0.5, 0.6) is 11.5 Å². The van der Waals surface area contributed by atoms with Crippen LogP contribution in [0.25, 0.3) is 0 Å². The van der Waals surface area contributed by atoms with Crippen molar-refractivity contribution in [2.24, 2.45) is 5.73 Å². The van der Waals surface area contributed by atoms with Gasteiger partial charge in [-0.3, -0.25) is 4.79 Å². The first-order valence-electron chi connectivity index (χ1n) is 5.72. The van der Waals surface area contributed by atoms with Crippen molar-refractivity contribution in [1.82, 2.24) is 0 Å². The molecule has 0 aromatic heterocycles. The van der Waals surface area contributed by atoms with E-state index in [9.17, 15) is 15.0 Å². The second-order valence-electron chi connectivity index (χ2n) is 4.05. The second kappa shape index (κ2) is 5.41. The standard InChI is InChI=1S/C14H14N2O3/c15-8-9-3-1-2-4-13(9)16-14(19)10-5-11(17)7-12(18)6-10/h1-7,17-18H,8,15H2,(H,16,19). The van der Waals surface area contributed by atoms with Crippen molar-refractivity contribution in [1.29, 1.82) is 0 Å². The van der Waals surface area contributed by atoms with Gasteiger partial charge in [-0.1, -0.05) is 18.2 Å². The number of carbonyl (C=O) groups is 1. The van der Waals surface area contributed by atoms with Crippen molar-refractivity contribution in [2.45, 2.75) is 6.54 Å². The minimum atomic E-state index is -0.424. The van der Waals surface area contributed by atoms with Crippen LogP contribution in [0.3, 0.4) is 0 Å². The molecule has 0 unspecified atom stereocenters. The number of rotatable bonds is 3. The van der Waals surface area contributed by atoms with Crippen molar-refractivity contribution < 1.29 is 15.0 Å². The van der Waals surface area contributed by atoms with E-state index in [0.717, 1.165) is 11.6 Å². The van der Waals surface area contributed by atoms with E-state index in [1.54, 1.807) is 12.1 Å². The third-order valence-electron chi connectivity index (χ3n) is 2.65. The monoisotopic (exact) mass is 258 g/mol. The van der Waals surface area contributed by atoms with Gasteiger partial charge in [-0.15, -0.1) is 0 Å². The maximum atomic E-state index is 12.0. The van der Waals surface area contributed by atoms with Gasteiger partial charge in [-0.05, 0) is 23.8 Å². The zero-order chi connectivity index (χ0) is 13.8. The Morgan fingerprint density at radius 1 is 1.11 bits per heavy atom. The summed E-state index contributed by atoms with van der Waals surface area (Å²) in [4.78, 5) is 12.0. The number of amides is 1. The summed E-state index contributed by atoms with van der Waals surface area (Å²) in [5, 5.41) is 21.4. The Kier molecular flexibility index (Phi) is 3.68. The number of hydrogen-bond acceptors (Lipinski definition) is 4. The number of hydrogen-bond donors (Lipinski definition) is 4. The molecule has 0 radical (unpaired) electrons. The molecule has 0 bridgehead atoms. The number of carbonyl (C=O) groups excluding carboxylic acids is 1. The molecule has 98 valence electrons. The maximum Gasteiger partial charge on any atom is 0.255 e. The summed E-state index contributed by atoms with van der Waals surface area (Å²) in [5.74, 6) is -0.762. The van der Waals surface area contributed by atoms with Gasteiger partial charge in [0.05, 0.1) is 0 Å². The molecule has 0 fully saturated rings. The highest BCUT2D eigenvalue weighted by Crippen LogP contribution is 2.22. The third-order valence-corrected chi connectivity index (χ3v) is 2.65. The topological polar surface area (TPSA) is 95.6 Å². The van der Waals surface area contributed by atoms with Crippen LogP contribution in [-0.2, 0) is 6.54 Å². The summed E-state index contributed by atoms with van der Waals surface area (Å²) in [6, 6.07) is 10.9. The fourth-order valence-electron chi connectivity index (χ4n) is 1.74.